The van der Waals surface area contributed by atoms with E-state index in [0.717, 1.165) is 12.3 Å². The lowest BCUT2D eigenvalue weighted by atomic mass is 10.0. The van der Waals surface area contributed by atoms with Crippen LogP contribution in [0.2, 0.25) is 0 Å². The van der Waals surface area contributed by atoms with Crippen molar-refractivity contribution in [1.82, 2.24) is 4.90 Å². The fourth-order valence-electron chi connectivity index (χ4n) is 2.14. The molecule has 2 N–H and O–H groups in total. The van der Waals surface area contributed by atoms with Crippen molar-refractivity contribution in [3.05, 3.63) is 0 Å². The summed E-state index contributed by atoms with van der Waals surface area (Å²) in [7, 11) is 1.76. The van der Waals surface area contributed by atoms with Gasteiger partial charge < -0.3 is 10.6 Å². The maximum atomic E-state index is 11.6. The van der Waals surface area contributed by atoms with Crippen LogP contribution in [-0.4, -0.2) is 29.4 Å². The molecule has 86 valence electrons. The highest BCUT2D eigenvalue weighted by Crippen LogP contribution is 2.28. The van der Waals surface area contributed by atoms with Crippen LogP contribution in [0, 0.1) is 5.92 Å². The van der Waals surface area contributed by atoms with E-state index in [4.69, 9.17) is 18.0 Å². The molecule has 0 radical (unpaired) electrons. The molecule has 1 rings (SSSR count). The van der Waals surface area contributed by atoms with Gasteiger partial charge in [-0.1, -0.05) is 37.9 Å². The van der Waals surface area contributed by atoms with Gasteiger partial charge in [0.2, 0.25) is 5.91 Å². The molecule has 0 heterocycles. The highest BCUT2D eigenvalue weighted by Gasteiger charge is 2.17. The quantitative estimate of drug-likeness (QED) is 0.729. The fraction of sp³-hybridized carbons (Fsp3) is 0.818. The van der Waals surface area contributed by atoms with Crippen LogP contribution in [0.5, 0.6) is 0 Å². The first-order valence-corrected chi connectivity index (χ1v) is 6.02. The lowest BCUT2D eigenvalue weighted by Gasteiger charge is -2.17. The predicted octanol–water partition coefficient (Wildman–Crippen LogP) is 1.70. The molecular weight excluding hydrogens is 208 g/mol. The summed E-state index contributed by atoms with van der Waals surface area (Å²) in [4.78, 5) is 13.6. The Hall–Kier alpha value is -0.640. The second-order valence-electron chi connectivity index (χ2n) is 4.41. The third-order valence-corrected chi connectivity index (χ3v) is 3.19. The van der Waals surface area contributed by atoms with Gasteiger partial charge in [0.15, 0.2) is 0 Å². The first-order valence-electron chi connectivity index (χ1n) is 5.62. The molecule has 0 aliphatic heterocycles. The Morgan fingerprint density at radius 3 is 2.60 bits per heavy atom. The van der Waals surface area contributed by atoms with Crippen molar-refractivity contribution >= 4 is 23.1 Å². The molecule has 0 aromatic heterocycles. The summed E-state index contributed by atoms with van der Waals surface area (Å²) in [6, 6.07) is 0. The zero-order valence-electron chi connectivity index (χ0n) is 9.37. The Morgan fingerprint density at radius 1 is 1.47 bits per heavy atom. The molecule has 1 saturated carbocycles. The SMILES string of the molecule is CN(CC(N)=S)C(=O)CCC1CCCC1. The second kappa shape index (κ2) is 6.05. The molecule has 0 aromatic carbocycles. The van der Waals surface area contributed by atoms with E-state index in [1.807, 2.05) is 0 Å². The van der Waals surface area contributed by atoms with Crippen LogP contribution in [0.25, 0.3) is 0 Å². The lowest BCUT2D eigenvalue weighted by molar-refractivity contribution is -0.129. The summed E-state index contributed by atoms with van der Waals surface area (Å²) >= 11 is 4.77. The normalized spacial score (nSPS) is 16.6. The van der Waals surface area contributed by atoms with Crippen LogP contribution in [-0.2, 0) is 4.79 Å². The molecule has 3 nitrogen and oxygen atoms in total. The number of hydrogen-bond donors (Lipinski definition) is 1. The van der Waals surface area contributed by atoms with Crippen molar-refractivity contribution in [2.75, 3.05) is 13.6 Å². The van der Waals surface area contributed by atoms with E-state index in [-0.39, 0.29) is 5.91 Å². The van der Waals surface area contributed by atoms with Gasteiger partial charge in [-0.3, -0.25) is 4.79 Å². The van der Waals surface area contributed by atoms with Gasteiger partial charge in [0.05, 0.1) is 11.5 Å². The first kappa shape index (κ1) is 12.4. The molecule has 1 aliphatic carbocycles. The van der Waals surface area contributed by atoms with Crippen molar-refractivity contribution in [3.63, 3.8) is 0 Å². The second-order valence-corrected chi connectivity index (χ2v) is 4.93. The molecule has 0 saturated heterocycles. The molecule has 4 heteroatoms. The van der Waals surface area contributed by atoms with Crippen molar-refractivity contribution in [2.24, 2.45) is 11.7 Å². The highest BCUT2D eigenvalue weighted by atomic mass is 32.1. The predicted molar refractivity (Wildman–Crippen MR) is 65.6 cm³/mol. The molecule has 15 heavy (non-hydrogen) atoms. The topological polar surface area (TPSA) is 46.3 Å². The van der Waals surface area contributed by atoms with Gasteiger partial charge in [-0.05, 0) is 12.3 Å². The van der Waals surface area contributed by atoms with Crippen molar-refractivity contribution in [1.29, 1.82) is 0 Å². The molecule has 1 amide bonds. The zero-order chi connectivity index (χ0) is 11.3. The largest absolute Gasteiger partial charge is 0.392 e. The van der Waals surface area contributed by atoms with E-state index in [0.29, 0.717) is 18.0 Å². The van der Waals surface area contributed by atoms with E-state index >= 15 is 0 Å². The smallest absolute Gasteiger partial charge is 0.222 e. The molecule has 0 bridgehead atoms. The summed E-state index contributed by atoms with van der Waals surface area (Å²) in [6.07, 6.45) is 6.94. The van der Waals surface area contributed by atoms with Crippen molar-refractivity contribution < 1.29 is 4.79 Å². The molecule has 0 atom stereocenters. The summed E-state index contributed by atoms with van der Waals surface area (Å²) in [5.41, 5.74) is 5.39. The summed E-state index contributed by atoms with van der Waals surface area (Å²) in [5.74, 6) is 0.932. The van der Waals surface area contributed by atoms with E-state index in [1.54, 1.807) is 11.9 Å². The van der Waals surface area contributed by atoms with E-state index < -0.39 is 0 Å². The number of likely N-dealkylation sites (N-methyl/N-ethyl adjacent to an activating group) is 1. The third-order valence-electron chi connectivity index (χ3n) is 3.06. The Morgan fingerprint density at radius 2 is 2.07 bits per heavy atom. The van der Waals surface area contributed by atoms with Gasteiger partial charge in [-0.15, -0.1) is 0 Å². The van der Waals surface area contributed by atoms with Gasteiger partial charge in [-0.2, -0.15) is 0 Å². The van der Waals surface area contributed by atoms with E-state index in [1.165, 1.54) is 25.7 Å². The number of rotatable bonds is 5. The lowest BCUT2D eigenvalue weighted by Crippen LogP contribution is -2.34. The number of amides is 1. The Balaban J connectivity index is 2.19. The Kier molecular flexibility index (Phi) is 5.02. The molecular formula is C11H20N2OS. The Bertz CT molecular complexity index is 237. The monoisotopic (exact) mass is 228 g/mol. The van der Waals surface area contributed by atoms with Crippen LogP contribution in [0.4, 0.5) is 0 Å². The maximum absolute atomic E-state index is 11.6. The fourth-order valence-corrected chi connectivity index (χ4v) is 2.33. The van der Waals surface area contributed by atoms with Gasteiger partial charge in [0.25, 0.3) is 0 Å². The minimum absolute atomic E-state index is 0.162. The number of nitrogens with zero attached hydrogens (tertiary/aromatic N) is 1. The summed E-state index contributed by atoms with van der Waals surface area (Å²) in [6.45, 7) is 0.402. The number of carbonyl (C=O) groups excluding carboxylic acids is 1. The minimum atomic E-state index is 0.162. The van der Waals surface area contributed by atoms with Crippen molar-refractivity contribution in [3.8, 4) is 0 Å². The van der Waals surface area contributed by atoms with Gasteiger partial charge in [0, 0.05) is 13.5 Å². The molecule has 0 spiro atoms. The van der Waals surface area contributed by atoms with E-state index in [2.05, 4.69) is 0 Å². The number of nitrogens with two attached hydrogens (primary N) is 1. The molecule has 1 aliphatic rings. The average molecular weight is 228 g/mol. The average Bonchev–Trinajstić information content (AvgIpc) is 2.65. The van der Waals surface area contributed by atoms with Crippen LogP contribution < -0.4 is 5.73 Å². The molecule has 0 aromatic rings. The van der Waals surface area contributed by atoms with E-state index in [9.17, 15) is 4.79 Å². The molecule has 0 unspecified atom stereocenters. The third kappa shape index (κ3) is 4.60. The van der Waals surface area contributed by atoms with Crippen molar-refractivity contribution in [2.45, 2.75) is 38.5 Å². The van der Waals surface area contributed by atoms with Gasteiger partial charge in [0.1, 0.15) is 0 Å². The van der Waals surface area contributed by atoms with Crippen LogP contribution >= 0.6 is 12.2 Å². The van der Waals surface area contributed by atoms with Crippen LogP contribution in [0.3, 0.4) is 0 Å². The maximum Gasteiger partial charge on any atom is 0.222 e. The van der Waals surface area contributed by atoms with Crippen LogP contribution in [0.1, 0.15) is 38.5 Å². The zero-order valence-corrected chi connectivity index (χ0v) is 10.2. The standard InChI is InChI=1S/C11H20N2OS/c1-13(8-10(12)15)11(14)7-6-9-4-2-3-5-9/h9H,2-8H2,1H3,(H2,12,15). The number of thiocarbonyl (C=S) groups is 1. The minimum Gasteiger partial charge on any atom is -0.392 e. The highest BCUT2D eigenvalue weighted by molar-refractivity contribution is 7.80. The van der Waals surface area contributed by atoms with Crippen LogP contribution in [0.15, 0.2) is 0 Å². The summed E-state index contributed by atoms with van der Waals surface area (Å²) < 4.78 is 0. The number of carbonyl (C=O) groups is 1. The van der Waals surface area contributed by atoms with Gasteiger partial charge in [-0.25, -0.2) is 0 Å². The van der Waals surface area contributed by atoms with Gasteiger partial charge >= 0.3 is 0 Å². The first-order chi connectivity index (χ1) is 7.09. The Labute approximate surface area is 97.0 Å². The number of hydrogen-bond acceptors (Lipinski definition) is 2. The summed E-state index contributed by atoms with van der Waals surface area (Å²) in [5, 5.41) is 0. The molecule has 1 fully saturated rings.